The fourth-order valence-corrected chi connectivity index (χ4v) is 2.25. The van der Waals surface area contributed by atoms with E-state index in [2.05, 4.69) is 0 Å². The van der Waals surface area contributed by atoms with Crippen LogP contribution in [0.2, 0.25) is 5.02 Å². The number of ketones is 1. The number of nitrogens with two attached hydrogens (primary N) is 1. The Morgan fingerprint density at radius 2 is 1.82 bits per heavy atom. The number of benzene rings is 2. The molecule has 2 aromatic carbocycles. The zero-order valence-electron chi connectivity index (χ0n) is 12.4. The number of hydrogen-bond acceptors (Lipinski definition) is 3. The summed E-state index contributed by atoms with van der Waals surface area (Å²) in [5, 5.41) is 0.377. The minimum atomic E-state index is -0.656. The van der Waals surface area contributed by atoms with Crippen molar-refractivity contribution in [3.05, 3.63) is 63.7 Å². The van der Waals surface area contributed by atoms with Crippen LogP contribution in [0.3, 0.4) is 0 Å². The van der Waals surface area contributed by atoms with Crippen molar-refractivity contribution < 1.29 is 14.3 Å². The molecule has 0 saturated carbocycles. The van der Waals surface area contributed by atoms with Gasteiger partial charge in [-0.1, -0.05) is 29.3 Å². The second kappa shape index (κ2) is 6.62. The van der Waals surface area contributed by atoms with Crippen LogP contribution in [0, 0.1) is 13.8 Å². The molecular formula is C17H16ClNO3. The molecule has 4 nitrogen and oxygen atoms in total. The van der Waals surface area contributed by atoms with Crippen LogP contribution in [0.4, 0.5) is 0 Å². The van der Waals surface area contributed by atoms with E-state index in [-0.39, 0.29) is 23.7 Å². The van der Waals surface area contributed by atoms with Crippen LogP contribution in [-0.4, -0.2) is 18.3 Å². The van der Waals surface area contributed by atoms with Crippen molar-refractivity contribution in [2.45, 2.75) is 13.8 Å². The van der Waals surface area contributed by atoms with E-state index in [4.69, 9.17) is 22.1 Å². The Bertz CT molecular complexity index is 741. The van der Waals surface area contributed by atoms with Crippen molar-refractivity contribution in [2.24, 2.45) is 5.73 Å². The lowest BCUT2D eigenvalue weighted by Crippen LogP contribution is -2.17. The van der Waals surface area contributed by atoms with Crippen molar-refractivity contribution in [2.75, 3.05) is 6.61 Å². The molecule has 22 heavy (non-hydrogen) atoms. The molecule has 0 spiro atoms. The molecule has 0 aromatic heterocycles. The first-order valence-corrected chi connectivity index (χ1v) is 7.09. The summed E-state index contributed by atoms with van der Waals surface area (Å²) in [6.07, 6.45) is 0. The van der Waals surface area contributed by atoms with Gasteiger partial charge in [-0.2, -0.15) is 0 Å². The first-order valence-electron chi connectivity index (χ1n) is 6.71. The number of rotatable bonds is 5. The van der Waals surface area contributed by atoms with Crippen LogP contribution in [0.25, 0.3) is 0 Å². The standard InChI is InChI=1S/C17H16ClNO3/c1-10-3-4-11(2)13(7-10)15(20)9-22-16-6-5-12(18)8-14(16)17(19)21/h3-8H,9H2,1-2H3,(H2,19,21). The lowest BCUT2D eigenvalue weighted by atomic mass is 10.0. The Labute approximate surface area is 133 Å². The number of carbonyl (C=O) groups is 2. The average Bonchev–Trinajstić information content (AvgIpc) is 2.48. The monoisotopic (exact) mass is 317 g/mol. The number of amides is 1. The summed E-state index contributed by atoms with van der Waals surface area (Å²) in [5.41, 5.74) is 7.92. The molecule has 1 amide bonds. The highest BCUT2D eigenvalue weighted by molar-refractivity contribution is 6.31. The molecule has 0 saturated heterocycles. The smallest absolute Gasteiger partial charge is 0.252 e. The zero-order chi connectivity index (χ0) is 16.3. The molecule has 2 rings (SSSR count). The van der Waals surface area contributed by atoms with E-state index in [1.165, 1.54) is 12.1 Å². The minimum Gasteiger partial charge on any atom is -0.485 e. The number of carbonyl (C=O) groups excluding carboxylic acids is 2. The van der Waals surface area contributed by atoms with E-state index in [0.29, 0.717) is 10.6 Å². The van der Waals surface area contributed by atoms with E-state index in [0.717, 1.165) is 11.1 Å². The minimum absolute atomic E-state index is 0.154. The third kappa shape index (κ3) is 3.65. The molecule has 2 N–H and O–H groups in total. The van der Waals surface area contributed by atoms with Crippen LogP contribution in [0.5, 0.6) is 5.75 Å². The molecule has 0 bridgehead atoms. The van der Waals surface area contributed by atoms with Gasteiger partial charge in [0.15, 0.2) is 12.4 Å². The Morgan fingerprint density at radius 1 is 1.09 bits per heavy atom. The topological polar surface area (TPSA) is 69.4 Å². The number of halogens is 1. The molecule has 0 radical (unpaired) electrons. The first-order chi connectivity index (χ1) is 10.4. The highest BCUT2D eigenvalue weighted by Gasteiger charge is 2.14. The molecule has 0 aliphatic carbocycles. The van der Waals surface area contributed by atoms with Crippen LogP contribution in [-0.2, 0) is 0 Å². The molecule has 0 heterocycles. The largest absolute Gasteiger partial charge is 0.485 e. The van der Waals surface area contributed by atoms with Crippen LogP contribution < -0.4 is 10.5 Å². The Balaban J connectivity index is 2.18. The van der Waals surface area contributed by atoms with Crippen molar-refractivity contribution in [1.82, 2.24) is 0 Å². The third-order valence-electron chi connectivity index (χ3n) is 3.26. The van der Waals surface area contributed by atoms with E-state index in [1.807, 2.05) is 32.0 Å². The predicted octanol–water partition coefficient (Wildman–Crippen LogP) is 3.32. The second-order valence-electron chi connectivity index (χ2n) is 5.03. The van der Waals surface area contributed by atoms with Gasteiger partial charge in [-0.25, -0.2) is 0 Å². The molecule has 2 aromatic rings. The van der Waals surface area contributed by atoms with Crippen LogP contribution in [0.1, 0.15) is 31.8 Å². The summed E-state index contributed by atoms with van der Waals surface area (Å²) in [4.78, 5) is 23.7. The number of hydrogen-bond donors (Lipinski definition) is 1. The van der Waals surface area contributed by atoms with Gasteiger partial charge in [0, 0.05) is 10.6 Å². The number of aryl methyl sites for hydroxylation is 2. The fourth-order valence-electron chi connectivity index (χ4n) is 2.08. The van der Waals surface area contributed by atoms with Crippen molar-refractivity contribution in [3.63, 3.8) is 0 Å². The Hall–Kier alpha value is -2.33. The van der Waals surface area contributed by atoms with Gasteiger partial charge in [-0.15, -0.1) is 0 Å². The predicted molar refractivity (Wildman–Crippen MR) is 85.7 cm³/mol. The number of primary amides is 1. The molecule has 114 valence electrons. The van der Waals surface area contributed by atoms with Gasteiger partial charge < -0.3 is 10.5 Å². The van der Waals surface area contributed by atoms with Gasteiger partial charge in [0.25, 0.3) is 5.91 Å². The van der Waals surface area contributed by atoms with Crippen LogP contribution >= 0.6 is 11.6 Å². The average molecular weight is 318 g/mol. The van der Waals surface area contributed by atoms with Crippen molar-refractivity contribution in [1.29, 1.82) is 0 Å². The number of ether oxygens (including phenoxy) is 1. The molecule has 0 aliphatic heterocycles. The summed E-state index contributed by atoms with van der Waals surface area (Å²) in [5.74, 6) is -0.571. The van der Waals surface area contributed by atoms with Crippen molar-refractivity contribution >= 4 is 23.3 Å². The molecule has 0 unspecified atom stereocenters. The Morgan fingerprint density at radius 3 is 2.50 bits per heavy atom. The molecular weight excluding hydrogens is 302 g/mol. The van der Waals surface area contributed by atoms with Gasteiger partial charge in [0.2, 0.25) is 0 Å². The summed E-state index contributed by atoms with van der Waals surface area (Å²) in [6, 6.07) is 10.2. The zero-order valence-corrected chi connectivity index (χ0v) is 13.1. The summed E-state index contributed by atoms with van der Waals surface area (Å²) in [6.45, 7) is 3.61. The van der Waals surface area contributed by atoms with E-state index < -0.39 is 5.91 Å². The van der Waals surface area contributed by atoms with E-state index in [9.17, 15) is 9.59 Å². The van der Waals surface area contributed by atoms with Gasteiger partial charge in [-0.05, 0) is 43.7 Å². The molecule has 5 heteroatoms. The fraction of sp³-hybridized carbons (Fsp3) is 0.176. The third-order valence-corrected chi connectivity index (χ3v) is 3.49. The molecule has 0 aliphatic rings. The lowest BCUT2D eigenvalue weighted by Gasteiger charge is -2.11. The van der Waals surface area contributed by atoms with Gasteiger partial charge >= 0.3 is 0 Å². The maximum Gasteiger partial charge on any atom is 0.252 e. The molecule has 0 atom stereocenters. The van der Waals surface area contributed by atoms with Gasteiger partial charge in [-0.3, -0.25) is 9.59 Å². The van der Waals surface area contributed by atoms with E-state index in [1.54, 1.807) is 6.07 Å². The second-order valence-corrected chi connectivity index (χ2v) is 5.47. The summed E-state index contributed by atoms with van der Waals surface area (Å²) in [7, 11) is 0. The SMILES string of the molecule is Cc1ccc(C)c(C(=O)COc2ccc(Cl)cc2C(N)=O)c1. The quantitative estimate of drug-likeness (QED) is 0.860. The van der Waals surface area contributed by atoms with Gasteiger partial charge in [0.05, 0.1) is 5.56 Å². The summed E-state index contributed by atoms with van der Waals surface area (Å²) >= 11 is 5.83. The summed E-state index contributed by atoms with van der Waals surface area (Å²) < 4.78 is 5.46. The lowest BCUT2D eigenvalue weighted by molar-refractivity contribution is 0.0911. The normalized spacial score (nSPS) is 10.3. The Kier molecular flexibility index (Phi) is 4.83. The first kappa shape index (κ1) is 16.0. The maximum atomic E-state index is 12.3. The van der Waals surface area contributed by atoms with Crippen molar-refractivity contribution in [3.8, 4) is 5.75 Å². The molecule has 0 fully saturated rings. The highest BCUT2D eigenvalue weighted by atomic mass is 35.5. The number of Topliss-reactive ketones (excluding diaryl/α,β-unsaturated/α-hetero) is 1. The highest BCUT2D eigenvalue weighted by Crippen LogP contribution is 2.23. The van der Waals surface area contributed by atoms with E-state index >= 15 is 0 Å². The van der Waals surface area contributed by atoms with Gasteiger partial charge in [0.1, 0.15) is 5.75 Å². The maximum absolute atomic E-state index is 12.3. The van der Waals surface area contributed by atoms with Crippen LogP contribution in [0.15, 0.2) is 36.4 Å².